The molecule has 0 radical (unpaired) electrons. The Morgan fingerprint density at radius 1 is 1.10 bits per heavy atom. The summed E-state index contributed by atoms with van der Waals surface area (Å²) in [7, 11) is 0. The summed E-state index contributed by atoms with van der Waals surface area (Å²) in [6.07, 6.45) is 2.72. The number of nitrogens with two attached hydrogens (primary N) is 1. The molecule has 0 atom stereocenters. The molecule has 3 heteroatoms. The quantitative estimate of drug-likeness (QED) is 0.722. The standard InChI is InChI=1S/C17H16N2O/c1-2-12-5-3-6-13(11-12)20-16-9-8-15(18)17-14(16)7-4-10-19-17/h3-11H,2,18H2,1H3. The largest absolute Gasteiger partial charge is 0.457 e. The Hall–Kier alpha value is -2.55. The van der Waals surface area contributed by atoms with E-state index in [1.165, 1.54) is 5.56 Å². The lowest BCUT2D eigenvalue weighted by atomic mass is 10.1. The van der Waals surface area contributed by atoms with Gasteiger partial charge >= 0.3 is 0 Å². The number of hydrogen-bond acceptors (Lipinski definition) is 3. The molecule has 3 aromatic rings. The molecule has 1 aromatic heterocycles. The summed E-state index contributed by atoms with van der Waals surface area (Å²) in [5, 5.41) is 0.925. The van der Waals surface area contributed by atoms with Crippen molar-refractivity contribution in [1.82, 2.24) is 4.98 Å². The van der Waals surface area contributed by atoms with E-state index in [1.807, 2.05) is 36.4 Å². The van der Waals surface area contributed by atoms with Crippen molar-refractivity contribution in [1.29, 1.82) is 0 Å². The third-order valence-corrected chi connectivity index (χ3v) is 3.30. The normalized spacial score (nSPS) is 10.7. The maximum atomic E-state index is 5.99. The highest BCUT2D eigenvalue weighted by atomic mass is 16.5. The maximum Gasteiger partial charge on any atom is 0.136 e. The topological polar surface area (TPSA) is 48.1 Å². The molecule has 2 N–H and O–H groups in total. The Kier molecular flexibility index (Phi) is 3.25. The molecular weight excluding hydrogens is 248 g/mol. The van der Waals surface area contributed by atoms with Gasteiger partial charge in [-0.25, -0.2) is 0 Å². The molecule has 100 valence electrons. The van der Waals surface area contributed by atoms with Crippen molar-refractivity contribution in [2.24, 2.45) is 0 Å². The van der Waals surface area contributed by atoms with Crippen molar-refractivity contribution in [3.05, 3.63) is 60.3 Å². The van der Waals surface area contributed by atoms with Gasteiger partial charge in [-0.1, -0.05) is 19.1 Å². The number of fused-ring (bicyclic) bond motifs is 1. The van der Waals surface area contributed by atoms with Gasteiger partial charge in [0.15, 0.2) is 0 Å². The van der Waals surface area contributed by atoms with Crippen molar-refractivity contribution in [2.45, 2.75) is 13.3 Å². The van der Waals surface area contributed by atoms with Gasteiger partial charge in [-0.3, -0.25) is 4.98 Å². The highest BCUT2D eigenvalue weighted by molar-refractivity contribution is 5.93. The molecule has 20 heavy (non-hydrogen) atoms. The highest BCUT2D eigenvalue weighted by Crippen LogP contribution is 2.32. The molecule has 0 aliphatic carbocycles. The van der Waals surface area contributed by atoms with E-state index in [0.29, 0.717) is 5.69 Å². The molecule has 3 rings (SSSR count). The van der Waals surface area contributed by atoms with Crippen molar-refractivity contribution in [3.8, 4) is 11.5 Å². The molecule has 0 aliphatic rings. The molecule has 0 saturated heterocycles. The molecule has 0 fully saturated rings. The van der Waals surface area contributed by atoms with Gasteiger partial charge < -0.3 is 10.5 Å². The number of nitrogen functional groups attached to an aromatic ring is 1. The summed E-state index contributed by atoms with van der Waals surface area (Å²) in [4.78, 5) is 4.31. The maximum absolute atomic E-state index is 5.99. The van der Waals surface area contributed by atoms with Gasteiger partial charge in [0.25, 0.3) is 0 Å². The van der Waals surface area contributed by atoms with E-state index in [2.05, 4.69) is 24.0 Å². The Morgan fingerprint density at radius 3 is 2.85 bits per heavy atom. The summed E-state index contributed by atoms with van der Waals surface area (Å²) in [5.41, 5.74) is 8.63. The monoisotopic (exact) mass is 264 g/mol. The second-order valence-corrected chi connectivity index (χ2v) is 4.66. The van der Waals surface area contributed by atoms with E-state index in [1.54, 1.807) is 6.20 Å². The van der Waals surface area contributed by atoms with Crippen LogP contribution in [0.2, 0.25) is 0 Å². The summed E-state index contributed by atoms with van der Waals surface area (Å²) in [6.45, 7) is 2.13. The van der Waals surface area contributed by atoms with Crippen LogP contribution < -0.4 is 10.5 Å². The Labute approximate surface area is 118 Å². The third-order valence-electron chi connectivity index (χ3n) is 3.30. The van der Waals surface area contributed by atoms with Crippen molar-refractivity contribution >= 4 is 16.6 Å². The van der Waals surface area contributed by atoms with E-state index in [9.17, 15) is 0 Å². The molecule has 1 heterocycles. The number of rotatable bonds is 3. The first-order valence-electron chi connectivity index (χ1n) is 6.68. The molecule has 0 bridgehead atoms. The number of pyridine rings is 1. The average Bonchev–Trinajstić information content (AvgIpc) is 2.51. The number of benzene rings is 2. The number of anilines is 1. The van der Waals surface area contributed by atoms with Gasteiger partial charge in [0.1, 0.15) is 11.5 Å². The zero-order valence-corrected chi connectivity index (χ0v) is 11.3. The van der Waals surface area contributed by atoms with Crippen LogP contribution in [-0.2, 0) is 6.42 Å². The van der Waals surface area contributed by atoms with Gasteiger partial charge in [-0.2, -0.15) is 0 Å². The smallest absolute Gasteiger partial charge is 0.136 e. The van der Waals surface area contributed by atoms with Crippen LogP contribution in [0.5, 0.6) is 11.5 Å². The van der Waals surface area contributed by atoms with E-state index in [0.717, 1.165) is 28.8 Å². The van der Waals surface area contributed by atoms with Crippen molar-refractivity contribution in [3.63, 3.8) is 0 Å². The third kappa shape index (κ3) is 2.30. The summed E-state index contributed by atoms with van der Waals surface area (Å²) in [6, 6.07) is 15.7. The molecule has 0 spiro atoms. The minimum atomic E-state index is 0.662. The Balaban J connectivity index is 2.04. The molecule has 2 aromatic carbocycles. The second-order valence-electron chi connectivity index (χ2n) is 4.66. The van der Waals surface area contributed by atoms with E-state index >= 15 is 0 Å². The molecule has 0 amide bonds. The first-order chi connectivity index (χ1) is 9.78. The van der Waals surface area contributed by atoms with Gasteiger partial charge in [-0.05, 0) is 48.4 Å². The Bertz CT molecular complexity index is 753. The van der Waals surface area contributed by atoms with Crippen molar-refractivity contribution < 1.29 is 4.74 Å². The summed E-state index contributed by atoms with van der Waals surface area (Å²) >= 11 is 0. The van der Waals surface area contributed by atoms with Crippen LogP contribution in [0.15, 0.2) is 54.7 Å². The van der Waals surface area contributed by atoms with Gasteiger partial charge in [0, 0.05) is 11.6 Å². The van der Waals surface area contributed by atoms with Crippen LogP contribution in [0.3, 0.4) is 0 Å². The molecule has 0 aliphatic heterocycles. The van der Waals surface area contributed by atoms with Crippen molar-refractivity contribution in [2.75, 3.05) is 5.73 Å². The van der Waals surface area contributed by atoms with Crippen LogP contribution in [0.1, 0.15) is 12.5 Å². The second kappa shape index (κ2) is 5.21. The fourth-order valence-corrected chi connectivity index (χ4v) is 2.21. The van der Waals surface area contributed by atoms with Gasteiger partial charge in [0.2, 0.25) is 0 Å². The summed E-state index contributed by atoms with van der Waals surface area (Å²) in [5.74, 6) is 1.61. The lowest BCUT2D eigenvalue weighted by Crippen LogP contribution is -1.92. The van der Waals surface area contributed by atoms with Crippen LogP contribution in [0.4, 0.5) is 5.69 Å². The SMILES string of the molecule is CCc1cccc(Oc2ccc(N)c3ncccc23)c1. The molecule has 3 nitrogen and oxygen atoms in total. The number of nitrogens with zero attached hydrogens (tertiary/aromatic N) is 1. The predicted molar refractivity (Wildman–Crippen MR) is 82.0 cm³/mol. The predicted octanol–water partition coefficient (Wildman–Crippen LogP) is 4.17. The lowest BCUT2D eigenvalue weighted by Gasteiger charge is -2.10. The first kappa shape index (κ1) is 12.5. The zero-order valence-electron chi connectivity index (χ0n) is 11.3. The van der Waals surface area contributed by atoms with Gasteiger partial charge in [0.05, 0.1) is 11.2 Å². The minimum absolute atomic E-state index is 0.662. The van der Waals surface area contributed by atoms with Crippen LogP contribution in [0, 0.1) is 0 Å². The van der Waals surface area contributed by atoms with E-state index in [4.69, 9.17) is 10.5 Å². The first-order valence-corrected chi connectivity index (χ1v) is 6.68. The number of hydrogen-bond donors (Lipinski definition) is 1. The highest BCUT2D eigenvalue weighted by Gasteiger charge is 2.07. The van der Waals surface area contributed by atoms with Crippen LogP contribution >= 0.6 is 0 Å². The minimum Gasteiger partial charge on any atom is -0.457 e. The van der Waals surface area contributed by atoms with E-state index < -0.39 is 0 Å². The summed E-state index contributed by atoms with van der Waals surface area (Å²) < 4.78 is 5.99. The number of aryl methyl sites for hydroxylation is 1. The lowest BCUT2D eigenvalue weighted by molar-refractivity contribution is 0.487. The molecule has 0 unspecified atom stereocenters. The van der Waals surface area contributed by atoms with Crippen LogP contribution in [0.25, 0.3) is 10.9 Å². The Morgan fingerprint density at radius 2 is 2.00 bits per heavy atom. The fourth-order valence-electron chi connectivity index (χ4n) is 2.21. The average molecular weight is 264 g/mol. The zero-order chi connectivity index (χ0) is 13.9. The van der Waals surface area contributed by atoms with Gasteiger partial charge in [-0.15, -0.1) is 0 Å². The number of aromatic nitrogens is 1. The number of ether oxygens (including phenoxy) is 1. The molecular formula is C17H16N2O. The van der Waals surface area contributed by atoms with Crippen LogP contribution in [-0.4, -0.2) is 4.98 Å². The molecule has 0 saturated carbocycles. The van der Waals surface area contributed by atoms with E-state index in [-0.39, 0.29) is 0 Å². The fraction of sp³-hybridized carbons (Fsp3) is 0.118.